The number of benzene rings is 3. The number of carbonyl (C=O) groups excluding carboxylic acids is 2. The molecule has 0 fully saturated rings. The van der Waals surface area contributed by atoms with E-state index in [0.29, 0.717) is 16.8 Å². The van der Waals surface area contributed by atoms with Gasteiger partial charge in [-0.3, -0.25) is 19.7 Å². The number of nitrogens with zero attached hydrogens (tertiary/aromatic N) is 2. The van der Waals surface area contributed by atoms with Crippen LogP contribution in [0.15, 0.2) is 60.7 Å². The first-order valence-electron chi connectivity index (χ1n) is 9.97. The molecule has 0 spiro atoms. The second-order valence-corrected chi connectivity index (χ2v) is 7.73. The number of nitro groups is 1. The second kappa shape index (κ2) is 8.22. The Kier molecular flexibility index (Phi) is 5.44. The highest BCUT2D eigenvalue weighted by atomic mass is 19.1. The van der Waals surface area contributed by atoms with Crippen LogP contribution in [0.25, 0.3) is 0 Å². The van der Waals surface area contributed by atoms with E-state index in [0.717, 1.165) is 5.56 Å². The third-order valence-corrected chi connectivity index (χ3v) is 5.58. The van der Waals surface area contributed by atoms with E-state index in [9.17, 15) is 24.1 Å². The fourth-order valence-electron chi connectivity index (χ4n) is 4.03. The number of carbonyl (C=O) groups is 2. The lowest BCUT2D eigenvalue weighted by Crippen LogP contribution is -2.39. The van der Waals surface area contributed by atoms with Gasteiger partial charge in [0.15, 0.2) is 0 Å². The standard InChI is InChI=1S/C24H20FN3O4/c1-14-6-11-20-19(12-14)23(16-7-9-17(25)10-8-16)27(13-22(29)26-20)24(30)18-4-3-5-21(15(18)2)28(31)32/h3-12,23H,13H2,1-2H3,(H,26,29). The van der Waals surface area contributed by atoms with Crippen molar-refractivity contribution >= 4 is 23.2 Å². The maximum Gasteiger partial charge on any atom is 0.273 e. The van der Waals surface area contributed by atoms with E-state index >= 15 is 0 Å². The van der Waals surface area contributed by atoms with Gasteiger partial charge in [-0.25, -0.2) is 4.39 Å². The van der Waals surface area contributed by atoms with Gasteiger partial charge < -0.3 is 10.2 Å². The number of amides is 2. The summed E-state index contributed by atoms with van der Waals surface area (Å²) in [6, 6.07) is 14.8. The minimum atomic E-state index is -0.699. The van der Waals surface area contributed by atoms with Gasteiger partial charge in [0.05, 0.1) is 11.0 Å². The summed E-state index contributed by atoms with van der Waals surface area (Å²) >= 11 is 0. The van der Waals surface area contributed by atoms with Crippen LogP contribution in [0.4, 0.5) is 15.8 Å². The van der Waals surface area contributed by atoms with Crippen LogP contribution in [0, 0.1) is 29.8 Å². The maximum absolute atomic E-state index is 13.7. The number of fused-ring (bicyclic) bond motifs is 1. The van der Waals surface area contributed by atoms with Crippen LogP contribution in [0.3, 0.4) is 0 Å². The number of nitro benzene ring substituents is 1. The SMILES string of the molecule is Cc1ccc2c(c1)C(c1ccc(F)cc1)N(C(=O)c1cccc([N+](=O)[O-])c1C)CC(=O)N2. The van der Waals surface area contributed by atoms with Crippen molar-refractivity contribution in [3.63, 3.8) is 0 Å². The topological polar surface area (TPSA) is 92.6 Å². The Morgan fingerprint density at radius 1 is 1.12 bits per heavy atom. The molecule has 0 saturated carbocycles. The molecule has 0 bridgehead atoms. The first kappa shape index (κ1) is 21.2. The third-order valence-electron chi connectivity index (χ3n) is 5.58. The van der Waals surface area contributed by atoms with Gasteiger partial charge in [0.2, 0.25) is 5.91 Å². The monoisotopic (exact) mass is 433 g/mol. The van der Waals surface area contributed by atoms with Crippen molar-refractivity contribution in [1.29, 1.82) is 0 Å². The maximum atomic E-state index is 13.7. The molecule has 2 amide bonds. The molecule has 1 aliphatic heterocycles. The zero-order valence-corrected chi connectivity index (χ0v) is 17.5. The van der Waals surface area contributed by atoms with E-state index in [1.807, 2.05) is 19.1 Å². The molecule has 0 aromatic heterocycles. The predicted molar refractivity (Wildman–Crippen MR) is 117 cm³/mol. The average molecular weight is 433 g/mol. The van der Waals surface area contributed by atoms with Crippen molar-refractivity contribution in [2.45, 2.75) is 19.9 Å². The smallest absolute Gasteiger partial charge is 0.273 e. The highest BCUT2D eigenvalue weighted by Crippen LogP contribution is 2.38. The lowest BCUT2D eigenvalue weighted by molar-refractivity contribution is -0.385. The van der Waals surface area contributed by atoms with Crippen molar-refractivity contribution in [1.82, 2.24) is 4.90 Å². The fourth-order valence-corrected chi connectivity index (χ4v) is 4.03. The first-order valence-corrected chi connectivity index (χ1v) is 9.97. The Hall–Kier alpha value is -4.07. The van der Waals surface area contributed by atoms with Crippen LogP contribution in [0.5, 0.6) is 0 Å². The minimum absolute atomic E-state index is 0.134. The zero-order valence-electron chi connectivity index (χ0n) is 17.5. The van der Waals surface area contributed by atoms with E-state index in [4.69, 9.17) is 0 Å². The number of nitrogens with one attached hydrogen (secondary N) is 1. The molecule has 3 aromatic rings. The number of rotatable bonds is 3. The number of aryl methyl sites for hydroxylation is 1. The fraction of sp³-hybridized carbons (Fsp3) is 0.167. The van der Waals surface area contributed by atoms with E-state index < -0.39 is 28.6 Å². The molecule has 0 aliphatic carbocycles. The molecule has 1 atom stereocenters. The molecule has 32 heavy (non-hydrogen) atoms. The summed E-state index contributed by atoms with van der Waals surface area (Å²) < 4.78 is 13.6. The lowest BCUT2D eigenvalue weighted by atomic mass is 9.93. The normalized spacial score (nSPS) is 15.5. The van der Waals surface area contributed by atoms with Gasteiger partial charge in [-0.05, 0) is 43.7 Å². The average Bonchev–Trinajstić information content (AvgIpc) is 2.89. The Balaban J connectivity index is 1.91. The van der Waals surface area contributed by atoms with E-state index in [-0.39, 0.29) is 23.4 Å². The molecule has 7 nitrogen and oxygen atoms in total. The molecule has 3 aromatic carbocycles. The summed E-state index contributed by atoms with van der Waals surface area (Å²) in [7, 11) is 0. The number of hydrogen-bond donors (Lipinski definition) is 1. The van der Waals surface area contributed by atoms with Gasteiger partial charge in [0.25, 0.3) is 11.6 Å². The summed E-state index contributed by atoms with van der Waals surface area (Å²) in [5.41, 5.74) is 2.95. The van der Waals surface area contributed by atoms with Crippen LogP contribution < -0.4 is 5.32 Å². The Labute approximate surface area is 183 Å². The molecule has 1 aliphatic rings. The van der Waals surface area contributed by atoms with Gasteiger partial charge in [-0.2, -0.15) is 0 Å². The summed E-state index contributed by atoms with van der Waals surface area (Å²) in [6.45, 7) is 3.14. The van der Waals surface area contributed by atoms with E-state index in [1.165, 1.54) is 42.2 Å². The number of halogens is 1. The lowest BCUT2D eigenvalue weighted by Gasteiger charge is -2.31. The first-order chi connectivity index (χ1) is 15.3. The molecule has 1 N–H and O–H groups in total. The Morgan fingerprint density at radius 2 is 1.84 bits per heavy atom. The third kappa shape index (κ3) is 3.82. The van der Waals surface area contributed by atoms with Crippen molar-refractivity contribution in [2.24, 2.45) is 0 Å². The highest BCUT2D eigenvalue weighted by molar-refractivity contribution is 6.02. The van der Waals surface area contributed by atoms with Crippen molar-refractivity contribution in [3.05, 3.63) is 104 Å². The van der Waals surface area contributed by atoms with Crippen LogP contribution in [-0.2, 0) is 4.79 Å². The van der Waals surface area contributed by atoms with Gasteiger partial charge in [-0.15, -0.1) is 0 Å². The van der Waals surface area contributed by atoms with E-state index in [1.54, 1.807) is 18.2 Å². The van der Waals surface area contributed by atoms with Crippen molar-refractivity contribution in [2.75, 3.05) is 11.9 Å². The minimum Gasteiger partial charge on any atom is -0.324 e. The molecule has 0 saturated heterocycles. The molecule has 1 unspecified atom stereocenters. The molecular weight excluding hydrogens is 413 g/mol. The second-order valence-electron chi connectivity index (χ2n) is 7.73. The number of anilines is 1. The van der Waals surface area contributed by atoms with Crippen molar-refractivity contribution < 1.29 is 18.9 Å². The van der Waals surface area contributed by atoms with Gasteiger partial charge in [0.1, 0.15) is 12.4 Å². The van der Waals surface area contributed by atoms with Crippen LogP contribution >= 0.6 is 0 Å². The summed E-state index contributed by atoms with van der Waals surface area (Å²) in [6.07, 6.45) is 0. The quantitative estimate of drug-likeness (QED) is 0.485. The molecule has 8 heteroatoms. The molecule has 162 valence electrons. The summed E-state index contributed by atoms with van der Waals surface area (Å²) in [5, 5.41) is 14.2. The summed E-state index contributed by atoms with van der Waals surface area (Å²) in [5.74, 6) is -1.34. The number of hydrogen-bond acceptors (Lipinski definition) is 4. The molecule has 4 rings (SSSR count). The van der Waals surface area contributed by atoms with Crippen LogP contribution in [0.1, 0.15) is 38.7 Å². The predicted octanol–water partition coefficient (Wildman–Crippen LogP) is 4.53. The van der Waals surface area contributed by atoms with Gasteiger partial charge in [-0.1, -0.05) is 35.9 Å². The zero-order chi connectivity index (χ0) is 23.0. The van der Waals surface area contributed by atoms with Crippen molar-refractivity contribution in [3.8, 4) is 0 Å². The van der Waals surface area contributed by atoms with Gasteiger partial charge >= 0.3 is 0 Å². The van der Waals surface area contributed by atoms with E-state index in [2.05, 4.69) is 5.32 Å². The highest BCUT2D eigenvalue weighted by Gasteiger charge is 2.35. The molecule has 0 radical (unpaired) electrons. The molecule has 1 heterocycles. The molecular formula is C24H20FN3O4. The van der Waals surface area contributed by atoms with Crippen LogP contribution in [-0.4, -0.2) is 28.2 Å². The summed E-state index contributed by atoms with van der Waals surface area (Å²) in [4.78, 5) is 38.6. The van der Waals surface area contributed by atoms with Crippen LogP contribution in [0.2, 0.25) is 0 Å². The Bertz CT molecular complexity index is 1240. The Morgan fingerprint density at radius 3 is 2.53 bits per heavy atom. The van der Waals surface area contributed by atoms with Gasteiger partial charge in [0, 0.05) is 28.4 Å². The largest absolute Gasteiger partial charge is 0.324 e.